The van der Waals surface area contributed by atoms with E-state index in [1.165, 1.54) is 21.6 Å². The number of benzene rings is 1. The molecule has 6 heteroatoms. The SMILES string of the molecule is O=C(c1cc2c(s1)-c1ccccc1CC2)N1CCN(C(=O)N2CCCC2)CC1. The van der Waals surface area contributed by atoms with Crippen molar-refractivity contribution in [1.29, 1.82) is 0 Å². The molecule has 146 valence electrons. The summed E-state index contributed by atoms with van der Waals surface area (Å²) in [6.45, 7) is 4.26. The number of likely N-dealkylation sites (tertiary alicyclic amines) is 1. The summed E-state index contributed by atoms with van der Waals surface area (Å²) >= 11 is 1.63. The number of hydrogen-bond donors (Lipinski definition) is 0. The molecule has 3 heterocycles. The van der Waals surface area contributed by atoms with Crippen LogP contribution in [-0.2, 0) is 12.8 Å². The third-order valence-electron chi connectivity index (χ3n) is 6.16. The Morgan fingerprint density at radius 1 is 0.786 bits per heavy atom. The fraction of sp³-hybridized carbons (Fsp3) is 0.455. The van der Waals surface area contributed by atoms with Crippen molar-refractivity contribution in [1.82, 2.24) is 14.7 Å². The maximum absolute atomic E-state index is 13.1. The zero-order valence-corrected chi connectivity index (χ0v) is 16.8. The first-order valence-electron chi connectivity index (χ1n) is 10.2. The molecule has 1 aromatic heterocycles. The third-order valence-corrected chi connectivity index (χ3v) is 7.36. The highest BCUT2D eigenvalue weighted by atomic mass is 32.1. The zero-order valence-electron chi connectivity index (χ0n) is 16.0. The van der Waals surface area contributed by atoms with Gasteiger partial charge < -0.3 is 14.7 Å². The van der Waals surface area contributed by atoms with Crippen LogP contribution in [0, 0.1) is 0 Å². The summed E-state index contributed by atoms with van der Waals surface area (Å²) in [7, 11) is 0. The lowest BCUT2D eigenvalue weighted by atomic mass is 9.91. The van der Waals surface area contributed by atoms with Crippen LogP contribution in [-0.4, -0.2) is 65.9 Å². The first-order valence-corrected chi connectivity index (χ1v) is 11.1. The Labute approximate surface area is 169 Å². The van der Waals surface area contributed by atoms with Crippen LogP contribution in [0.25, 0.3) is 10.4 Å². The molecule has 0 N–H and O–H groups in total. The molecular formula is C22H25N3O2S. The number of carbonyl (C=O) groups is 2. The van der Waals surface area contributed by atoms with Crippen LogP contribution in [0.5, 0.6) is 0 Å². The fourth-order valence-corrected chi connectivity index (χ4v) is 5.78. The number of carbonyl (C=O) groups excluding carboxylic acids is 2. The lowest BCUT2D eigenvalue weighted by Gasteiger charge is -2.36. The maximum Gasteiger partial charge on any atom is 0.320 e. The minimum Gasteiger partial charge on any atom is -0.334 e. The summed E-state index contributed by atoms with van der Waals surface area (Å²) in [5.41, 5.74) is 3.97. The Hall–Kier alpha value is -2.34. The molecule has 5 rings (SSSR count). The molecule has 28 heavy (non-hydrogen) atoms. The number of fused-ring (bicyclic) bond motifs is 3. The van der Waals surface area contributed by atoms with Gasteiger partial charge in [-0.15, -0.1) is 11.3 Å². The smallest absolute Gasteiger partial charge is 0.320 e. The largest absolute Gasteiger partial charge is 0.334 e. The van der Waals surface area contributed by atoms with Gasteiger partial charge in [-0.2, -0.15) is 0 Å². The van der Waals surface area contributed by atoms with Crippen LogP contribution in [0.2, 0.25) is 0 Å². The summed E-state index contributed by atoms with van der Waals surface area (Å²) in [6.07, 6.45) is 4.27. The molecule has 2 saturated heterocycles. The minimum absolute atomic E-state index is 0.116. The molecule has 0 saturated carbocycles. The highest BCUT2D eigenvalue weighted by molar-refractivity contribution is 7.17. The van der Waals surface area contributed by atoms with E-state index in [-0.39, 0.29) is 11.9 Å². The highest BCUT2D eigenvalue weighted by Gasteiger charge is 2.30. The first-order chi connectivity index (χ1) is 13.7. The fourth-order valence-electron chi connectivity index (χ4n) is 4.54. The second-order valence-electron chi connectivity index (χ2n) is 7.88. The van der Waals surface area contributed by atoms with Gasteiger partial charge in [0.2, 0.25) is 0 Å². The van der Waals surface area contributed by atoms with E-state index >= 15 is 0 Å². The van der Waals surface area contributed by atoms with Gasteiger partial charge in [0, 0.05) is 44.1 Å². The molecule has 2 fully saturated rings. The summed E-state index contributed by atoms with van der Waals surface area (Å²) in [6, 6.07) is 10.8. The molecular weight excluding hydrogens is 370 g/mol. The van der Waals surface area contributed by atoms with Crippen LogP contribution in [0.15, 0.2) is 30.3 Å². The molecule has 3 aliphatic rings. The predicted octanol–water partition coefficient (Wildman–Crippen LogP) is 3.49. The van der Waals surface area contributed by atoms with Crippen LogP contribution < -0.4 is 0 Å². The summed E-state index contributed by atoms with van der Waals surface area (Å²) in [5.74, 6) is 0.116. The van der Waals surface area contributed by atoms with E-state index in [4.69, 9.17) is 0 Å². The molecule has 1 aromatic carbocycles. The number of urea groups is 1. The number of hydrogen-bond acceptors (Lipinski definition) is 3. The summed E-state index contributed by atoms with van der Waals surface area (Å²) < 4.78 is 0. The van der Waals surface area contributed by atoms with Crippen molar-refractivity contribution in [3.63, 3.8) is 0 Å². The molecule has 0 spiro atoms. The Balaban J connectivity index is 1.27. The van der Waals surface area contributed by atoms with Crippen LogP contribution in [0.1, 0.15) is 33.6 Å². The van der Waals surface area contributed by atoms with Gasteiger partial charge in [-0.1, -0.05) is 24.3 Å². The second kappa shape index (κ2) is 7.24. The summed E-state index contributed by atoms with van der Waals surface area (Å²) in [4.78, 5) is 33.5. The van der Waals surface area contributed by atoms with Gasteiger partial charge >= 0.3 is 6.03 Å². The monoisotopic (exact) mass is 395 g/mol. The molecule has 5 nitrogen and oxygen atoms in total. The molecule has 2 aliphatic heterocycles. The average molecular weight is 396 g/mol. The third kappa shape index (κ3) is 3.09. The lowest BCUT2D eigenvalue weighted by molar-refractivity contribution is 0.0649. The Morgan fingerprint density at radius 2 is 1.43 bits per heavy atom. The average Bonchev–Trinajstić information content (AvgIpc) is 3.43. The topological polar surface area (TPSA) is 43.9 Å². The minimum atomic E-state index is 0.116. The van der Waals surface area contributed by atoms with Gasteiger partial charge in [-0.25, -0.2) is 4.79 Å². The highest BCUT2D eigenvalue weighted by Crippen LogP contribution is 2.39. The van der Waals surface area contributed by atoms with Gasteiger partial charge in [0.15, 0.2) is 0 Å². The van der Waals surface area contributed by atoms with Crippen molar-refractivity contribution in [3.8, 4) is 10.4 Å². The van der Waals surface area contributed by atoms with E-state index < -0.39 is 0 Å². The van der Waals surface area contributed by atoms with Crippen molar-refractivity contribution in [3.05, 3.63) is 46.3 Å². The molecule has 0 radical (unpaired) electrons. The van der Waals surface area contributed by atoms with E-state index in [0.29, 0.717) is 26.2 Å². The van der Waals surface area contributed by atoms with Crippen LogP contribution in [0.4, 0.5) is 4.79 Å². The molecule has 2 aromatic rings. The number of amides is 3. The van der Waals surface area contributed by atoms with E-state index in [0.717, 1.165) is 43.6 Å². The Bertz CT molecular complexity index is 908. The molecule has 0 bridgehead atoms. The molecule has 0 atom stereocenters. The molecule has 1 aliphatic carbocycles. The standard InChI is InChI=1S/C22H25N3O2S/c26-21(23-11-13-25(14-12-23)22(27)24-9-3-4-10-24)19-15-17-8-7-16-5-1-2-6-18(16)20(17)28-19/h1-2,5-6,15H,3-4,7-14H2. The van der Waals surface area contributed by atoms with E-state index in [1.54, 1.807) is 11.3 Å². The second-order valence-corrected chi connectivity index (χ2v) is 8.93. The van der Waals surface area contributed by atoms with E-state index in [1.807, 2.05) is 14.7 Å². The van der Waals surface area contributed by atoms with E-state index in [2.05, 4.69) is 30.3 Å². The zero-order chi connectivity index (χ0) is 19.1. The van der Waals surface area contributed by atoms with Crippen molar-refractivity contribution < 1.29 is 9.59 Å². The molecule has 3 amide bonds. The quantitative estimate of drug-likeness (QED) is 0.742. The van der Waals surface area contributed by atoms with Crippen LogP contribution in [0.3, 0.4) is 0 Å². The van der Waals surface area contributed by atoms with Gasteiger partial charge in [0.25, 0.3) is 5.91 Å². The lowest BCUT2D eigenvalue weighted by Crippen LogP contribution is -2.53. The van der Waals surface area contributed by atoms with Gasteiger partial charge in [-0.05, 0) is 48.4 Å². The number of thiophene rings is 1. The van der Waals surface area contributed by atoms with Gasteiger partial charge in [0.1, 0.15) is 0 Å². The number of nitrogens with zero attached hydrogens (tertiary/aromatic N) is 3. The number of rotatable bonds is 1. The number of piperazine rings is 1. The molecule has 0 unspecified atom stereocenters. The van der Waals surface area contributed by atoms with Crippen LogP contribution >= 0.6 is 11.3 Å². The number of aryl methyl sites for hydroxylation is 2. The normalized spacial score (nSPS) is 18.8. The van der Waals surface area contributed by atoms with Crippen molar-refractivity contribution in [2.75, 3.05) is 39.3 Å². The first kappa shape index (κ1) is 17.7. The maximum atomic E-state index is 13.1. The van der Waals surface area contributed by atoms with Crippen molar-refractivity contribution in [2.45, 2.75) is 25.7 Å². The Kier molecular flexibility index (Phi) is 4.59. The van der Waals surface area contributed by atoms with Crippen molar-refractivity contribution in [2.24, 2.45) is 0 Å². The Morgan fingerprint density at radius 3 is 2.21 bits per heavy atom. The predicted molar refractivity (Wildman–Crippen MR) is 111 cm³/mol. The van der Waals surface area contributed by atoms with E-state index in [9.17, 15) is 9.59 Å². The van der Waals surface area contributed by atoms with Crippen molar-refractivity contribution >= 4 is 23.3 Å². The summed E-state index contributed by atoms with van der Waals surface area (Å²) in [5, 5.41) is 0. The van der Waals surface area contributed by atoms with Gasteiger partial charge in [-0.3, -0.25) is 4.79 Å². The van der Waals surface area contributed by atoms with Gasteiger partial charge in [0.05, 0.1) is 4.88 Å².